The number of nitrogens with one attached hydrogen (secondary N) is 1. The molecule has 0 aliphatic carbocycles. The third-order valence-corrected chi connectivity index (χ3v) is 3.44. The van der Waals surface area contributed by atoms with Crippen LogP contribution < -0.4 is 11.1 Å². The molecule has 0 aliphatic heterocycles. The second-order valence-corrected chi connectivity index (χ2v) is 5.71. The van der Waals surface area contributed by atoms with Gasteiger partial charge in [0, 0.05) is 17.8 Å². The monoisotopic (exact) mass is 250 g/mol. The molecule has 0 atom stereocenters. The Labute approximate surface area is 110 Å². The molecule has 0 fully saturated rings. The number of aryl methyl sites for hydroxylation is 1. The van der Waals surface area contributed by atoms with Gasteiger partial charge in [-0.15, -0.1) is 0 Å². The van der Waals surface area contributed by atoms with E-state index in [2.05, 4.69) is 32.2 Å². The molecule has 1 rings (SSSR count). The number of rotatable bonds is 5. The van der Waals surface area contributed by atoms with Crippen molar-refractivity contribution in [2.75, 3.05) is 11.9 Å². The minimum atomic E-state index is 0.315. The van der Waals surface area contributed by atoms with Crippen LogP contribution in [0, 0.1) is 12.3 Å². The lowest BCUT2D eigenvalue weighted by molar-refractivity contribution is 0.377. The molecular formula is C14H22N2S. The van der Waals surface area contributed by atoms with Gasteiger partial charge in [-0.2, -0.15) is 0 Å². The summed E-state index contributed by atoms with van der Waals surface area (Å²) in [6.07, 6.45) is 1.16. The van der Waals surface area contributed by atoms with Gasteiger partial charge in [0.1, 0.15) is 4.99 Å². The molecule has 0 amide bonds. The summed E-state index contributed by atoms with van der Waals surface area (Å²) in [4.78, 5) is 0.461. The van der Waals surface area contributed by atoms with E-state index in [9.17, 15) is 0 Å². The van der Waals surface area contributed by atoms with Gasteiger partial charge in [-0.1, -0.05) is 33.0 Å². The van der Waals surface area contributed by atoms with Crippen molar-refractivity contribution >= 4 is 22.9 Å². The molecule has 3 heteroatoms. The van der Waals surface area contributed by atoms with E-state index in [4.69, 9.17) is 18.0 Å². The molecule has 0 saturated carbocycles. The fraction of sp³-hybridized carbons (Fsp3) is 0.500. The third-order valence-electron chi connectivity index (χ3n) is 3.22. The van der Waals surface area contributed by atoms with Gasteiger partial charge in [0.05, 0.1) is 0 Å². The second kappa shape index (κ2) is 5.50. The molecule has 1 aromatic carbocycles. The minimum absolute atomic E-state index is 0.315. The zero-order chi connectivity index (χ0) is 13.1. The highest BCUT2D eigenvalue weighted by molar-refractivity contribution is 7.80. The van der Waals surface area contributed by atoms with Crippen molar-refractivity contribution in [2.45, 2.75) is 34.1 Å². The number of anilines is 1. The molecule has 2 nitrogen and oxygen atoms in total. The standard InChI is InChI=1S/C14H22N2S/c1-5-14(3,4)9-16-11-6-7-12(13(15)17)10(2)8-11/h6-8,16H,5,9H2,1-4H3,(H2,15,17). The van der Waals surface area contributed by atoms with Crippen LogP contribution in [0.1, 0.15) is 38.3 Å². The van der Waals surface area contributed by atoms with Crippen LogP contribution in [0.2, 0.25) is 0 Å². The predicted molar refractivity (Wildman–Crippen MR) is 79.6 cm³/mol. The van der Waals surface area contributed by atoms with Crippen LogP contribution in [0.5, 0.6) is 0 Å². The topological polar surface area (TPSA) is 38.0 Å². The summed E-state index contributed by atoms with van der Waals surface area (Å²) < 4.78 is 0. The molecule has 0 bridgehead atoms. The van der Waals surface area contributed by atoms with Gasteiger partial charge in [-0.3, -0.25) is 0 Å². The SMILES string of the molecule is CCC(C)(C)CNc1ccc(C(N)=S)c(C)c1. The van der Waals surface area contributed by atoms with Gasteiger partial charge < -0.3 is 11.1 Å². The van der Waals surface area contributed by atoms with Crippen LogP contribution in [0.4, 0.5) is 5.69 Å². The first-order valence-electron chi connectivity index (χ1n) is 6.00. The highest BCUT2D eigenvalue weighted by atomic mass is 32.1. The summed E-state index contributed by atoms with van der Waals surface area (Å²) in [5, 5.41) is 3.46. The lowest BCUT2D eigenvalue weighted by Crippen LogP contribution is -2.22. The van der Waals surface area contributed by atoms with Crippen molar-refractivity contribution in [1.82, 2.24) is 0 Å². The first-order valence-corrected chi connectivity index (χ1v) is 6.41. The number of nitrogens with two attached hydrogens (primary N) is 1. The normalized spacial score (nSPS) is 11.3. The van der Waals surface area contributed by atoms with E-state index in [1.165, 1.54) is 0 Å². The predicted octanol–water partition coefficient (Wildman–Crippen LogP) is 3.48. The number of hydrogen-bond acceptors (Lipinski definition) is 2. The van der Waals surface area contributed by atoms with Crippen LogP contribution in [-0.4, -0.2) is 11.5 Å². The van der Waals surface area contributed by atoms with E-state index < -0.39 is 0 Å². The molecule has 17 heavy (non-hydrogen) atoms. The maximum absolute atomic E-state index is 5.64. The van der Waals surface area contributed by atoms with E-state index in [-0.39, 0.29) is 0 Å². The van der Waals surface area contributed by atoms with Crippen molar-refractivity contribution in [2.24, 2.45) is 11.1 Å². The molecule has 0 aromatic heterocycles. The minimum Gasteiger partial charge on any atom is -0.389 e. The number of benzene rings is 1. The third kappa shape index (κ3) is 4.00. The fourth-order valence-electron chi connectivity index (χ4n) is 1.52. The average molecular weight is 250 g/mol. The highest BCUT2D eigenvalue weighted by Gasteiger charge is 2.14. The highest BCUT2D eigenvalue weighted by Crippen LogP contribution is 2.21. The zero-order valence-electron chi connectivity index (χ0n) is 11.1. The fourth-order valence-corrected chi connectivity index (χ4v) is 1.75. The zero-order valence-corrected chi connectivity index (χ0v) is 11.9. The Morgan fingerprint density at radius 1 is 1.41 bits per heavy atom. The number of hydrogen-bond donors (Lipinski definition) is 2. The van der Waals surface area contributed by atoms with E-state index in [1.807, 2.05) is 19.1 Å². The lowest BCUT2D eigenvalue weighted by atomic mass is 9.90. The Kier molecular flexibility index (Phi) is 4.52. The maximum Gasteiger partial charge on any atom is 0.104 e. The summed E-state index contributed by atoms with van der Waals surface area (Å²) in [5.74, 6) is 0. The van der Waals surface area contributed by atoms with Crippen LogP contribution in [0.3, 0.4) is 0 Å². The molecule has 0 spiro atoms. The number of thiocarbonyl (C=S) groups is 1. The Balaban J connectivity index is 2.75. The van der Waals surface area contributed by atoms with Crippen LogP contribution in [0.25, 0.3) is 0 Å². The van der Waals surface area contributed by atoms with Crippen molar-refractivity contribution in [3.63, 3.8) is 0 Å². The Morgan fingerprint density at radius 2 is 2.06 bits per heavy atom. The molecule has 0 saturated heterocycles. The summed E-state index contributed by atoms with van der Waals surface area (Å²) in [6.45, 7) is 9.73. The molecular weight excluding hydrogens is 228 g/mol. The molecule has 0 radical (unpaired) electrons. The average Bonchev–Trinajstić information content (AvgIpc) is 2.26. The van der Waals surface area contributed by atoms with Gasteiger partial charge in [0.15, 0.2) is 0 Å². The van der Waals surface area contributed by atoms with Crippen molar-refractivity contribution < 1.29 is 0 Å². The van der Waals surface area contributed by atoms with E-state index in [0.717, 1.165) is 29.8 Å². The van der Waals surface area contributed by atoms with Gasteiger partial charge in [-0.25, -0.2) is 0 Å². The lowest BCUT2D eigenvalue weighted by Gasteiger charge is -2.23. The summed E-state index contributed by atoms with van der Waals surface area (Å²) in [5.41, 5.74) is 9.17. The Hall–Kier alpha value is -1.09. The van der Waals surface area contributed by atoms with Crippen molar-refractivity contribution in [3.8, 4) is 0 Å². The summed E-state index contributed by atoms with van der Waals surface area (Å²) in [6, 6.07) is 6.12. The van der Waals surface area contributed by atoms with Crippen molar-refractivity contribution in [3.05, 3.63) is 29.3 Å². The van der Waals surface area contributed by atoms with Crippen molar-refractivity contribution in [1.29, 1.82) is 0 Å². The molecule has 0 heterocycles. The molecule has 0 aliphatic rings. The first-order chi connectivity index (χ1) is 7.85. The quantitative estimate of drug-likeness (QED) is 0.786. The molecule has 3 N–H and O–H groups in total. The van der Waals surface area contributed by atoms with Gasteiger partial charge in [0.2, 0.25) is 0 Å². The molecule has 94 valence electrons. The van der Waals surface area contributed by atoms with Gasteiger partial charge in [0.25, 0.3) is 0 Å². The van der Waals surface area contributed by atoms with Gasteiger partial charge in [-0.05, 0) is 42.5 Å². The molecule has 0 unspecified atom stereocenters. The second-order valence-electron chi connectivity index (χ2n) is 5.27. The van der Waals surface area contributed by atoms with E-state index in [0.29, 0.717) is 10.4 Å². The van der Waals surface area contributed by atoms with Crippen LogP contribution in [0.15, 0.2) is 18.2 Å². The first kappa shape index (κ1) is 14.0. The smallest absolute Gasteiger partial charge is 0.104 e. The molecule has 1 aromatic rings. The van der Waals surface area contributed by atoms with E-state index >= 15 is 0 Å². The summed E-state index contributed by atoms with van der Waals surface area (Å²) in [7, 11) is 0. The summed E-state index contributed by atoms with van der Waals surface area (Å²) >= 11 is 4.99. The Bertz CT molecular complexity index is 411. The van der Waals surface area contributed by atoms with Crippen LogP contribution in [-0.2, 0) is 0 Å². The maximum atomic E-state index is 5.64. The largest absolute Gasteiger partial charge is 0.389 e. The van der Waals surface area contributed by atoms with Crippen LogP contribution >= 0.6 is 12.2 Å². The Morgan fingerprint density at radius 3 is 2.53 bits per heavy atom. The van der Waals surface area contributed by atoms with Gasteiger partial charge >= 0.3 is 0 Å². The van der Waals surface area contributed by atoms with E-state index in [1.54, 1.807) is 0 Å².